The van der Waals surface area contributed by atoms with E-state index in [1.165, 1.54) is 5.56 Å². The van der Waals surface area contributed by atoms with Crippen molar-refractivity contribution in [1.82, 2.24) is 0 Å². The maximum absolute atomic E-state index is 12.5. The van der Waals surface area contributed by atoms with Gasteiger partial charge in [-0.15, -0.1) is 0 Å². The van der Waals surface area contributed by atoms with Gasteiger partial charge in [0.15, 0.2) is 0 Å². The van der Waals surface area contributed by atoms with Crippen LogP contribution in [0, 0.1) is 0 Å². The zero-order valence-electron chi connectivity index (χ0n) is 13.5. The molecule has 2 aromatic rings. The van der Waals surface area contributed by atoms with Gasteiger partial charge in [0, 0.05) is 25.3 Å². The molecule has 2 aromatic carbocycles. The summed E-state index contributed by atoms with van der Waals surface area (Å²) in [6, 6.07) is 15.6. The van der Waals surface area contributed by atoms with Crippen molar-refractivity contribution in [2.75, 3.05) is 42.6 Å². The van der Waals surface area contributed by atoms with Crippen molar-refractivity contribution in [3.05, 3.63) is 54.1 Å². The minimum Gasteiger partial charge on any atom is -0.410 e. The molecule has 1 amide bonds. The van der Waals surface area contributed by atoms with Crippen molar-refractivity contribution in [2.45, 2.75) is 6.42 Å². The zero-order valence-corrected chi connectivity index (χ0v) is 13.5. The Morgan fingerprint density at radius 1 is 1.00 bits per heavy atom. The lowest BCUT2D eigenvalue weighted by Gasteiger charge is -2.29. The fraction of sp³-hybridized carbons (Fsp3) is 0.316. The average molecular weight is 324 g/mol. The Morgan fingerprint density at radius 3 is 2.58 bits per heavy atom. The molecule has 0 atom stereocenters. The molecule has 4 rings (SSSR count). The molecule has 1 fully saturated rings. The smallest absolute Gasteiger partial charge is 0.410 e. The summed E-state index contributed by atoms with van der Waals surface area (Å²) in [5.74, 6) is 0.570. The third-order valence-corrected chi connectivity index (χ3v) is 4.51. The van der Waals surface area contributed by atoms with Crippen molar-refractivity contribution in [3.63, 3.8) is 0 Å². The number of hydrogen-bond acceptors (Lipinski definition) is 4. The SMILES string of the molecule is O=C(Oc1ccccc1)N1CCc2ccc(N3CCOCC3)cc21. The second-order valence-corrected chi connectivity index (χ2v) is 6.00. The largest absolute Gasteiger partial charge is 0.419 e. The summed E-state index contributed by atoms with van der Waals surface area (Å²) < 4.78 is 10.9. The quantitative estimate of drug-likeness (QED) is 0.851. The van der Waals surface area contributed by atoms with Gasteiger partial charge >= 0.3 is 6.09 Å². The van der Waals surface area contributed by atoms with Gasteiger partial charge in [0.25, 0.3) is 0 Å². The van der Waals surface area contributed by atoms with Crippen LogP contribution in [0.1, 0.15) is 5.56 Å². The fourth-order valence-electron chi connectivity index (χ4n) is 3.22. The minimum atomic E-state index is -0.320. The number of amides is 1. The van der Waals surface area contributed by atoms with Gasteiger partial charge in [0.05, 0.1) is 18.9 Å². The Bertz CT molecular complexity index is 727. The summed E-state index contributed by atoms with van der Waals surface area (Å²) in [6.45, 7) is 3.92. The van der Waals surface area contributed by atoms with Crippen LogP contribution in [0.25, 0.3) is 0 Å². The first kappa shape index (κ1) is 15.0. The van der Waals surface area contributed by atoms with Crippen LogP contribution in [-0.4, -0.2) is 38.9 Å². The molecule has 5 nitrogen and oxygen atoms in total. The Kier molecular flexibility index (Phi) is 4.09. The number of carbonyl (C=O) groups excluding carboxylic acids is 1. The van der Waals surface area contributed by atoms with Gasteiger partial charge in [-0.3, -0.25) is 4.90 Å². The van der Waals surface area contributed by atoms with Gasteiger partial charge in [-0.05, 0) is 36.2 Å². The second-order valence-electron chi connectivity index (χ2n) is 6.00. The first-order valence-corrected chi connectivity index (χ1v) is 8.31. The van der Waals surface area contributed by atoms with Crippen molar-refractivity contribution < 1.29 is 14.3 Å². The molecule has 5 heteroatoms. The lowest BCUT2D eigenvalue weighted by Crippen LogP contribution is -2.36. The molecule has 0 saturated carbocycles. The fourth-order valence-corrected chi connectivity index (χ4v) is 3.22. The number of ether oxygens (including phenoxy) is 2. The molecule has 0 aliphatic carbocycles. The third kappa shape index (κ3) is 2.95. The van der Waals surface area contributed by atoms with E-state index in [1.807, 2.05) is 18.2 Å². The van der Waals surface area contributed by atoms with Crippen molar-refractivity contribution >= 4 is 17.5 Å². The Balaban J connectivity index is 1.54. The summed E-state index contributed by atoms with van der Waals surface area (Å²) in [5.41, 5.74) is 3.29. The highest BCUT2D eigenvalue weighted by Crippen LogP contribution is 2.33. The zero-order chi connectivity index (χ0) is 16.4. The number of anilines is 2. The van der Waals surface area contributed by atoms with E-state index in [-0.39, 0.29) is 6.09 Å². The van der Waals surface area contributed by atoms with Crippen LogP contribution in [0.4, 0.5) is 16.2 Å². The molecule has 0 aromatic heterocycles. The number of rotatable bonds is 2. The molecule has 24 heavy (non-hydrogen) atoms. The van der Waals surface area contributed by atoms with Crippen LogP contribution < -0.4 is 14.5 Å². The number of benzene rings is 2. The predicted molar refractivity (Wildman–Crippen MR) is 93.0 cm³/mol. The molecule has 1 saturated heterocycles. The number of nitrogens with zero attached hydrogens (tertiary/aromatic N) is 2. The lowest BCUT2D eigenvalue weighted by atomic mass is 10.1. The van der Waals surface area contributed by atoms with Gasteiger partial charge in [-0.25, -0.2) is 4.79 Å². The summed E-state index contributed by atoms with van der Waals surface area (Å²) in [5, 5.41) is 0. The highest BCUT2D eigenvalue weighted by Gasteiger charge is 2.27. The molecule has 2 aliphatic rings. The highest BCUT2D eigenvalue weighted by atomic mass is 16.6. The highest BCUT2D eigenvalue weighted by molar-refractivity contribution is 5.92. The topological polar surface area (TPSA) is 42.0 Å². The summed E-state index contributed by atoms with van der Waals surface area (Å²) in [7, 11) is 0. The van der Waals surface area contributed by atoms with Crippen molar-refractivity contribution in [1.29, 1.82) is 0 Å². The van der Waals surface area contributed by atoms with E-state index in [2.05, 4.69) is 23.1 Å². The van der Waals surface area contributed by atoms with Gasteiger partial charge in [-0.2, -0.15) is 0 Å². The molecule has 0 spiro atoms. The third-order valence-electron chi connectivity index (χ3n) is 4.51. The van der Waals surface area contributed by atoms with Gasteiger partial charge < -0.3 is 14.4 Å². The molecular weight excluding hydrogens is 304 g/mol. The van der Waals surface area contributed by atoms with Gasteiger partial charge in [0.2, 0.25) is 0 Å². The number of carbonyl (C=O) groups is 1. The van der Waals surface area contributed by atoms with E-state index < -0.39 is 0 Å². The molecule has 2 heterocycles. The second kappa shape index (κ2) is 6.53. The maximum Gasteiger partial charge on any atom is 0.419 e. The van der Waals surface area contributed by atoms with E-state index in [1.54, 1.807) is 17.0 Å². The van der Waals surface area contributed by atoms with Crippen LogP contribution in [0.15, 0.2) is 48.5 Å². The molecule has 124 valence electrons. The summed E-state index contributed by atoms with van der Waals surface area (Å²) >= 11 is 0. The molecule has 2 aliphatic heterocycles. The molecule has 0 radical (unpaired) electrons. The first-order chi connectivity index (χ1) is 11.8. The van der Waals surface area contributed by atoms with E-state index in [9.17, 15) is 4.79 Å². The van der Waals surface area contributed by atoms with E-state index in [0.29, 0.717) is 12.3 Å². The van der Waals surface area contributed by atoms with Crippen LogP contribution >= 0.6 is 0 Å². The molecule has 0 N–H and O–H groups in total. The van der Waals surface area contributed by atoms with Crippen LogP contribution in [0.3, 0.4) is 0 Å². The van der Waals surface area contributed by atoms with E-state index in [4.69, 9.17) is 9.47 Å². The van der Waals surface area contributed by atoms with Crippen molar-refractivity contribution in [2.24, 2.45) is 0 Å². The summed E-state index contributed by atoms with van der Waals surface area (Å²) in [4.78, 5) is 16.6. The normalized spacial score (nSPS) is 16.8. The molecular formula is C19H20N2O3. The van der Waals surface area contributed by atoms with Crippen LogP contribution in [-0.2, 0) is 11.2 Å². The van der Waals surface area contributed by atoms with E-state index in [0.717, 1.165) is 44.1 Å². The molecule has 0 bridgehead atoms. The summed E-state index contributed by atoms with van der Waals surface area (Å²) in [6.07, 6.45) is 0.543. The lowest BCUT2D eigenvalue weighted by molar-refractivity contribution is 0.122. The standard InChI is InChI=1S/C19H20N2O3/c22-19(24-17-4-2-1-3-5-17)21-9-8-15-6-7-16(14-18(15)21)20-10-12-23-13-11-20/h1-7,14H,8-13H2. The number of hydrogen-bond donors (Lipinski definition) is 0. The Morgan fingerprint density at radius 2 is 1.79 bits per heavy atom. The monoisotopic (exact) mass is 324 g/mol. The number of fused-ring (bicyclic) bond motifs is 1. The van der Waals surface area contributed by atoms with Gasteiger partial charge in [0.1, 0.15) is 5.75 Å². The number of morpholine rings is 1. The maximum atomic E-state index is 12.5. The first-order valence-electron chi connectivity index (χ1n) is 8.31. The average Bonchev–Trinajstić information content (AvgIpc) is 3.06. The van der Waals surface area contributed by atoms with Crippen molar-refractivity contribution in [3.8, 4) is 5.75 Å². The predicted octanol–water partition coefficient (Wildman–Crippen LogP) is 3.08. The van der Waals surface area contributed by atoms with Gasteiger partial charge in [-0.1, -0.05) is 24.3 Å². The number of para-hydroxylation sites is 1. The molecule has 0 unspecified atom stereocenters. The van der Waals surface area contributed by atoms with E-state index >= 15 is 0 Å². The minimum absolute atomic E-state index is 0.320. The Hall–Kier alpha value is -2.53. The Labute approximate surface area is 141 Å². The van der Waals surface area contributed by atoms with Crippen LogP contribution in [0.2, 0.25) is 0 Å². The van der Waals surface area contributed by atoms with Crippen LogP contribution in [0.5, 0.6) is 5.75 Å².